The summed E-state index contributed by atoms with van der Waals surface area (Å²) < 4.78 is 32.8. The second kappa shape index (κ2) is 8.89. The number of fused-ring (bicyclic) bond motifs is 1. The molecule has 0 aliphatic carbocycles. The number of nitrogens with zero attached hydrogens (tertiary/aromatic N) is 2. The molecule has 4 aliphatic rings. The standard InChI is InChI=1S/C25H34F2N8O5/c1-22(2)8-9-40-16-12(6-5-7-13(16)22)18(36)32-15-11-34-20(28)31-14(10-30-19(37)24(4,26)27)17-25(34,23(15,3)38)35(39)21(29)33-17/h5-7,14-15,17,38-39H,8-11H2,1-4H3,(H2,28,31)(H2,29,33)(H,30,37)(H,32,36)/t14-,15?,17?,23-,25?/m0/s1. The van der Waals surface area contributed by atoms with Crippen LogP contribution >= 0.6 is 0 Å². The Bertz CT molecular complexity index is 1280. The summed E-state index contributed by atoms with van der Waals surface area (Å²) in [6, 6.07) is 2.14. The van der Waals surface area contributed by atoms with E-state index in [4.69, 9.17) is 15.6 Å². The molecule has 4 heterocycles. The predicted octanol–water partition coefficient (Wildman–Crippen LogP) is -0.116. The van der Waals surface area contributed by atoms with E-state index in [1.54, 1.807) is 12.1 Å². The maximum absolute atomic E-state index is 13.6. The van der Waals surface area contributed by atoms with Gasteiger partial charge in [0.05, 0.1) is 30.3 Å². The summed E-state index contributed by atoms with van der Waals surface area (Å²) in [4.78, 5) is 26.7. The van der Waals surface area contributed by atoms with Gasteiger partial charge in [0.25, 0.3) is 11.8 Å². The molecule has 1 aromatic carbocycles. The number of ether oxygens (including phenoxy) is 1. The van der Waals surface area contributed by atoms with Crippen LogP contribution in [0.4, 0.5) is 8.78 Å². The summed E-state index contributed by atoms with van der Waals surface area (Å²) in [6.07, 6.45) is 0.777. The smallest absolute Gasteiger partial charge is 0.321 e. The lowest BCUT2D eigenvalue weighted by molar-refractivity contribution is -0.218. The first-order valence-corrected chi connectivity index (χ1v) is 13.0. The largest absolute Gasteiger partial charge is 0.492 e. The average Bonchev–Trinajstić information content (AvgIpc) is 3.27. The van der Waals surface area contributed by atoms with Crippen LogP contribution in [-0.4, -0.2) is 99.0 Å². The number of carbonyl (C=O) groups is 2. The predicted molar refractivity (Wildman–Crippen MR) is 137 cm³/mol. The molecular formula is C25H34F2N8O5. The van der Waals surface area contributed by atoms with E-state index >= 15 is 0 Å². The Balaban J connectivity index is 1.46. The molecule has 40 heavy (non-hydrogen) atoms. The lowest BCUT2D eigenvalue weighted by Crippen LogP contribution is -2.81. The van der Waals surface area contributed by atoms with Gasteiger partial charge >= 0.3 is 5.92 Å². The highest BCUT2D eigenvalue weighted by molar-refractivity contribution is 5.98. The molecule has 13 nitrogen and oxygen atoms in total. The first-order valence-electron chi connectivity index (χ1n) is 13.0. The normalized spacial score (nSPS) is 32.2. The quantitative estimate of drug-likeness (QED) is 0.241. The monoisotopic (exact) mass is 564 g/mol. The summed E-state index contributed by atoms with van der Waals surface area (Å²) in [5.74, 6) is -6.07. The molecule has 5 atom stereocenters. The molecule has 0 bridgehead atoms. The molecule has 8 N–H and O–H groups in total. The van der Waals surface area contributed by atoms with E-state index in [1.807, 2.05) is 6.07 Å². The SMILES string of the molecule is CC(F)(F)C(=O)NC[C@@H]1NC(=N)N2CC(NC(=O)c3cccc4c3OCCC4(C)C)[C@](C)(O)C23C1NC(=N)N3O. The number of halogens is 2. The van der Waals surface area contributed by atoms with E-state index < -0.39 is 59.6 Å². The lowest BCUT2D eigenvalue weighted by atomic mass is 9.77. The molecule has 3 unspecified atom stereocenters. The minimum Gasteiger partial charge on any atom is -0.492 e. The van der Waals surface area contributed by atoms with Crippen LogP contribution in [0.2, 0.25) is 0 Å². The zero-order chi connectivity index (χ0) is 29.4. The second-order valence-corrected chi connectivity index (χ2v) is 11.7. The average molecular weight is 565 g/mol. The Hall–Kier alpha value is -3.72. The lowest BCUT2D eigenvalue weighted by Gasteiger charge is -2.54. The van der Waals surface area contributed by atoms with Crippen LogP contribution in [0.15, 0.2) is 18.2 Å². The molecule has 1 spiro atoms. The van der Waals surface area contributed by atoms with Crippen LogP contribution < -0.4 is 26.0 Å². The Kier molecular flexibility index (Phi) is 6.19. The highest BCUT2D eigenvalue weighted by atomic mass is 19.3. The number of hydroxylamine groups is 2. The van der Waals surface area contributed by atoms with Gasteiger partial charge < -0.3 is 36.0 Å². The minimum atomic E-state index is -3.64. The number of aliphatic hydroxyl groups is 1. The molecule has 15 heteroatoms. The van der Waals surface area contributed by atoms with E-state index in [0.29, 0.717) is 24.3 Å². The van der Waals surface area contributed by atoms with Crippen LogP contribution in [0.1, 0.15) is 50.0 Å². The molecule has 3 fully saturated rings. The highest BCUT2D eigenvalue weighted by Gasteiger charge is 2.75. The summed E-state index contributed by atoms with van der Waals surface area (Å²) in [7, 11) is 0. The van der Waals surface area contributed by atoms with Gasteiger partial charge in [-0.25, -0.2) is 0 Å². The van der Waals surface area contributed by atoms with Crippen LogP contribution in [0.5, 0.6) is 5.75 Å². The Morgan fingerprint density at radius 3 is 2.60 bits per heavy atom. The van der Waals surface area contributed by atoms with Crippen molar-refractivity contribution < 1.29 is 33.4 Å². The number of para-hydroxylation sites is 1. The molecule has 0 saturated carbocycles. The number of nitrogens with one attached hydrogen (secondary N) is 6. The summed E-state index contributed by atoms with van der Waals surface area (Å²) in [6.45, 7) is 5.82. The van der Waals surface area contributed by atoms with Gasteiger partial charge in [-0.1, -0.05) is 26.0 Å². The van der Waals surface area contributed by atoms with Crippen LogP contribution in [0.3, 0.4) is 0 Å². The van der Waals surface area contributed by atoms with E-state index in [1.165, 1.54) is 11.8 Å². The fourth-order valence-corrected chi connectivity index (χ4v) is 6.33. The number of amides is 2. The zero-order valence-corrected chi connectivity index (χ0v) is 22.6. The Morgan fingerprint density at radius 1 is 1.23 bits per heavy atom. The van der Waals surface area contributed by atoms with Crippen molar-refractivity contribution in [2.45, 2.75) is 74.8 Å². The molecule has 1 aromatic rings. The summed E-state index contributed by atoms with van der Waals surface area (Å²) in [5.41, 5.74) is -2.96. The number of alkyl halides is 2. The van der Waals surface area contributed by atoms with Crippen LogP contribution in [-0.2, 0) is 10.2 Å². The van der Waals surface area contributed by atoms with E-state index in [2.05, 4.69) is 35.1 Å². The van der Waals surface area contributed by atoms with Gasteiger partial charge in [0.2, 0.25) is 5.96 Å². The van der Waals surface area contributed by atoms with Gasteiger partial charge in [-0.3, -0.25) is 25.6 Å². The highest BCUT2D eigenvalue weighted by Crippen LogP contribution is 2.48. The van der Waals surface area contributed by atoms with Gasteiger partial charge in [0.1, 0.15) is 11.4 Å². The number of rotatable bonds is 5. The van der Waals surface area contributed by atoms with Crippen molar-refractivity contribution in [3.05, 3.63) is 29.3 Å². The van der Waals surface area contributed by atoms with Gasteiger partial charge in [-0.2, -0.15) is 13.8 Å². The van der Waals surface area contributed by atoms with Gasteiger partial charge in [0.15, 0.2) is 11.6 Å². The Morgan fingerprint density at radius 2 is 1.93 bits per heavy atom. The topological polar surface area (TPSA) is 186 Å². The third-order valence-corrected chi connectivity index (χ3v) is 8.60. The summed E-state index contributed by atoms with van der Waals surface area (Å²) in [5, 5.41) is 50.9. The van der Waals surface area contributed by atoms with Gasteiger partial charge in [-0.15, -0.1) is 0 Å². The number of carbonyl (C=O) groups excluding carboxylic acids is 2. The molecule has 0 aromatic heterocycles. The Labute approximate surface area is 229 Å². The van der Waals surface area contributed by atoms with Crippen LogP contribution in [0.25, 0.3) is 0 Å². The number of benzene rings is 1. The number of guanidine groups is 2. The first kappa shape index (κ1) is 27.8. The van der Waals surface area contributed by atoms with Crippen molar-refractivity contribution in [1.29, 1.82) is 10.8 Å². The van der Waals surface area contributed by atoms with Crippen molar-refractivity contribution >= 4 is 23.7 Å². The van der Waals surface area contributed by atoms with Crippen molar-refractivity contribution in [1.82, 2.24) is 31.2 Å². The van der Waals surface area contributed by atoms with Crippen molar-refractivity contribution in [2.75, 3.05) is 19.7 Å². The third kappa shape index (κ3) is 3.85. The number of hydrogen-bond donors (Lipinski definition) is 8. The third-order valence-electron chi connectivity index (χ3n) is 8.60. The maximum atomic E-state index is 13.6. The van der Waals surface area contributed by atoms with Gasteiger partial charge in [0, 0.05) is 25.6 Å². The fraction of sp³-hybridized carbons (Fsp3) is 0.600. The molecule has 218 valence electrons. The minimum absolute atomic E-state index is 0.138. The fourth-order valence-electron chi connectivity index (χ4n) is 6.33. The van der Waals surface area contributed by atoms with Crippen molar-refractivity contribution in [3.63, 3.8) is 0 Å². The molecule has 2 amide bonds. The molecular weight excluding hydrogens is 530 g/mol. The van der Waals surface area contributed by atoms with E-state index in [0.717, 1.165) is 12.0 Å². The molecule has 3 saturated heterocycles. The van der Waals surface area contributed by atoms with Crippen molar-refractivity contribution in [2.24, 2.45) is 0 Å². The van der Waals surface area contributed by atoms with Crippen molar-refractivity contribution in [3.8, 4) is 5.75 Å². The van der Waals surface area contributed by atoms with Crippen LogP contribution in [0, 0.1) is 10.8 Å². The molecule has 0 radical (unpaired) electrons. The first-order chi connectivity index (χ1) is 18.5. The number of hydrogen-bond acceptors (Lipinski definition) is 7. The summed E-state index contributed by atoms with van der Waals surface area (Å²) >= 11 is 0. The second-order valence-electron chi connectivity index (χ2n) is 11.7. The van der Waals surface area contributed by atoms with E-state index in [9.17, 15) is 28.7 Å². The molecule has 5 rings (SSSR count). The van der Waals surface area contributed by atoms with Gasteiger partial charge in [-0.05, 0) is 24.8 Å². The zero-order valence-electron chi connectivity index (χ0n) is 22.6. The molecule has 4 aliphatic heterocycles. The maximum Gasteiger partial charge on any atom is 0.321 e. The van der Waals surface area contributed by atoms with E-state index in [-0.39, 0.29) is 23.5 Å².